The fraction of sp³-hybridized carbons (Fsp3) is 0.909. The normalized spacial score (nSPS) is 27.7. The minimum Gasteiger partial charge on any atom is -0.466 e. The lowest BCUT2D eigenvalue weighted by molar-refractivity contribution is -0.149. The van der Waals surface area contributed by atoms with Crippen molar-refractivity contribution in [2.45, 2.75) is 27.7 Å². The molecule has 1 N–H and O–H groups in total. The average Bonchev–Trinajstić information content (AvgIpc) is 2.50. The maximum absolute atomic E-state index is 11.6. The molecule has 0 aliphatic carbocycles. The maximum Gasteiger partial charge on any atom is 0.310 e. The van der Waals surface area contributed by atoms with Crippen LogP contribution in [0.2, 0.25) is 0 Å². The second-order valence-corrected chi connectivity index (χ2v) is 4.99. The van der Waals surface area contributed by atoms with Crippen LogP contribution in [0.15, 0.2) is 0 Å². The second-order valence-electron chi connectivity index (χ2n) is 4.99. The van der Waals surface area contributed by atoms with E-state index in [1.54, 1.807) is 0 Å². The summed E-state index contributed by atoms with van der Waals surface area (Å²) in [4.78, 5) is 11.6. The third-order valence-electron chi connectivity index (χ3n) is 2.92. The lowest BCUT2D eigenvalue weighted by atomic mass is 9.75. The lowest BCUT2D eigenvalue weighted by Crippen LogP contribution is -2.33. The predicted molar refractivity (Wildman–Crippen MR) is 55.9 cm³/mol. The number of hydrogen-bond acceptors (Lipinski definition) is 3. The van der Waals surface area contributed by atoms with Gasteiger partial charge in [-0.25, -0.2) is 0 Å². The molecule has 0 aromatic carbocycles. The van der Waals surface area contributed by atoms with E-state index in [9.17, 15) is 4.79 Å². The van der Waals surface area contributed by atoms with Gasteiger partial charge in [-0.3, -0.25) is 4.79 Å². The summed E-state index contributed by atoms with van der Waals surface area (Å²) in [6, 6.07) is 0. The molecule has 0 saturated carbocycles. The van der Waals surface area contributed by atoms with Gasteiger partial charge in [0.05, 0.1) is 12.5 Å². The third kappa shape index (κ3) is 2.47. The number of ether oxygens (including phenoxy) is 1. The van der Waals surface area contributed by atoms with E-state index in [2.05, 4.69) is 26.1 Å². The molecular formula is C11H21NO2. The highest BCUT2D eigenvalue weighted by Crippen LogP contribution is 2.34. The number of rotatable bonds is 2. The van der Waals surface area contributed by atoms with Crippen LogP contribution in [0.4, 0.5) is 0 Å². The fourth-order valence-corrected chi connectivity index (χ4v) is 2.09. The van der Waals surface area contributed by atoms with Crippen LogP contribution in [0, 0.1) is 17.3 Å². The highest BCUT2D eigenvalue weighted by Gasteiger charge is 2.40. The molecule has 2 atom stereocenters. The first-order valence-corrected chi connectivity index (χ1v) is 5.34. The minimum atomic E-state index is -0.0441. The number of hydrogen-bond donors (Lipinski definition) is 1. The van der Waals surface area contributed by atoms with Gasteiger partial charge in [-0.05, 0) is 24.8 Å². The molecule has 0 amide bonds. The summed E-state index contributed by atoms with van der Waals surface area (Å²) in [6.07, 6.45) is 0. The first kappa shape index (κ1) is 11.5. The Hall–Kier alpha value is -0.570. The van der Waals surface area contributed by atoms with Crippen molar-refractivity contribution >= 4 is 5.97 Å². The zero-order valence-electron chi connectivity index (χ0n) is 9.59. The number of carbonyl (C=O) groups excluding carboxylic acids is 1. The first-order chi connectivity index (χ1) is 6.46. The summed E-state index contributed by atoms with van der Waals surface area (Å²) < 4.78 is 5.07. The van der Waals surface area contributed by atoms with Gasteiger partial charge in [0.1, 0.15) is 0 Å². The Morgan fingerprint density at radius 1 is 1.43 bits per heavy atom. The molecule has 1 rings (SSSR count). The molecule has 1 saturated heterocycles. The van der Waals surface area contributed by atoms with E-state index in [-0.39, 0.29) is 17.3 Å². The SMILES string of the molecule is CCOC(=O)[C@@H]1CNC[C@H]1C(C)(C)C. The van der Waals surface area contributed by atoms with Crippen LogP contribution in [-0.2, 0) is 9.53 Å². The molecule has 3 heteroatoms. The molecule has 0 aromatic rings. The van der Waals surface area contributed by atoms with Crippen molar-refractivity contribution in [3.05, 3.63) is 0 Å². The van der Waals surface area contributed by atoms with Gasteiger partial charge >= 0.3 is 5.97 Å². The third-order valence-corrected chi connectivity index (χ3v) is 2.92. The molecule has 1 heterocycles. The summed E-state index contributed by atoms with van der Waals surface area (Å²) in [5.74, 6) is 0.383. The van der Waals surface area contributed by atoms with Crippen molar-refractivity contribution in [1.29, 1.82) is 0 Å². The zero-order valence-corrected chi connectivity index (χ0v) is 9.59. The van der Waals surface area contributed by atoms with Gasteiger partial charge < -0.3 is 10.1 Å². The van der Waals surface area contributed by atoms with E-state index >= 15 is 0 Å². The maximum atomic E-state index is 11.6. The van der Waals surface area contributed by atoms with Gasteiger partial charge in [-0.1, -0.05) is 20.8 Å². The Kier molecular flexibility index (Phi) is 3.53. The molecule has 1 fully saturated rings. The Labute approximate surface area is 86.2 Å². The smallest absolute Gasteiger partial charge is 0.310 e. The van der Waals surface area contributed by atoms with Gasteiger partial charge in [0.2, 0.25) is 0 Å². The number of esters is 1. The molecule has 0 radical (unpaired) electrons. The van der Waals surface area contributed by atoms with Crippen LogP contribution in [0.3, 0.4) is 0 Å². The highest BCUT2D eigenvalue weighted by molar-refractivity contribution is 5.73. The molecule has 0 aromatic heterocycles. The molecule has 14 heavy (non-hydrogen) atoms. The van der Waals surface area contributed by atoms with Crippen LogP contribution in [0.5, 0.6) is 0 Å². The molecule has 82 valence electrons. The van der Waals surface area contributed by atoms with E-state index < -0.39 is 0 Å². The summed E-state index contributed by atoms with van der Waals surface area (Å²) in [6.45, 7) is 10.6. The van der Waals surface area contributed by atoms with E-state index in [0.29, 0.717) is 12.5 Å². The van der Waals surface area contributed by atoms with Crippen molar-refractivity contribution in [3.8, 4) is 0 Å². The Morgan fingerprint density at radius 3 is 2.57 bits per heavy atom. The molecule has 0 bridgehead atoms. The fourth-order valence-electron chi connectivity index (χ4n) is 2.09. The summed E-state index contributed by atoms with van der Waals surface area (Å²) >= 11 is 0. The second kappa shape index (κ2) is 4.30. The van der Waals surface area contributed by atoms with Crippen molar-refractivity contribution < 1.29 is 9.53 Å². The van der Waals surface area contributed by atoms with E-state index in [4.69, 9.17) is 4.74 Å². The summed E-state index contributed by atoms with van der Waals surface area (Å²) in [7, 11) is 0. The molecule has 1 aliphatic rings. The Morgan fingerprint density at radius 2 is 2.07 bits per heavy atom. The standard InChI is InChI=1S/C11H21NO2/c1-5-14-10(13)8-6-12-7-9(8)11(2,3)4/h8-9,12H,5-7H2,1-4H3/t8-,9-/m1/s1. The van der Waals surface area contributed by atoms with Gasteiger partial charge in [-0.2, -0.15) is 0 Å². The van der Waals surface area contributed by atoms with E-state index in [1.165, 1.54) is 0 Å². The Balaban J connectivity index is 2.64. The van der Waals surface area contributed by atoms with Gasteiger partial charge in [0, 0.05) is 6.54 Å². The van der Waals surface area contributed by atoms with Crippen molar-refractivity contribution in [1.82, 2.24) is 5.32 Å². The monoisotopic (exact) mass is 199 g/mol. The van der Waals surface area contributed by atoms with Crippen LogP contribution in [0.1, 0.15) is 27.7 Å². The first-order valence-electron chi connectivity index (χ1n) is 5.34. The largest absolute Gasteiger partial charge is 0.466 e. The van der Waals surface area contributed by atoms with E-state index in [0.717, 1.165) is 13.1 Å². The summed E-state index contributed by atoms with van der Waals surface area (Å²) in [5, 5.41) is 3.27. The number of carbonyl (C=O) groups is 1. The lowest BCUT2D eigenvalue weighted by Gasteiger charge is -2.30. The van der Waals surface area contributed by atoms with Crippen LogP contribution in [0.25, 0.3) is 0 Å². The highest BCUT2D eigenvalue weighted by atomic mass is 16.5. The minimum absolute atomic E-state index is 0.0370. The van der Waals surface area contributed by atoms with Gasteiger partial charge in [0.25, 0.3) is 0 Å². The van der Waals surface area contributed by atoms with E-state index in [1.807, 2.05) is 6.92 Å². The molecule has 0 spiro atoms. The van der Waals surface area contributed by atoms with Crippen LogP contribution in [-0.4, -0.2) is 25.7 Å². The molecular weight excluding hydrogens is 178 g/mol. The topological polar surface area (TPSA) is 38.3 Å². The molecule has 3 nitrogen and oxygen atoms in total. The van der Waals surface area contributed by atoms with Crippen LogP contribution >= 0.6 is 0 Å². The predicted octanol–water partition coefficient (Wildman–Crippen LogP) is 1.43. The molecule has 0 unspecified atom stereocenters. The van der Waals surface area contributed by atoms with Crippen molar-refractivity contribution in [2.75, 3.05) is 19.7 Å². The van der Waals surface area contributed by atoms with Crippen LogP contribution < -0.4 is 5.32 Å². The van der Waals surface area contributed by atoms with Gasteiger partial charge in [-0.15, -0.1) is 0 Å². The van der Waals surface area contributed by atoms with Gasteiger partial charge in [0.15, 0.2) is 0 Å². The quantitative estimate of drug-likeness (QED) is 0.684. The average molecular weight is 199 g/mol. The zero-order chi connectivity index (χ0) is 10.8. The number of nitrogens with one attached hydrogen (secondary N) is 1. The Bertz CT molecular complexity index is 208. The van der Waals surface area contributed by atoms with Crippen molar-refractivity contribution in [2.24, 2.45) is 17.3 Å². The van der Waals surface area contributed by atoms with Crippen molar-refractivity contribution in [3.63, 3.8) is 0 Å². The summed E-state index contributed by atoms with van der Waals surface area (Å²) in [5.41, 5.74) is 0.168. The molecule has 1 aliphatic heterocycles.